The van der Waals surface area contributed by atoms with E-state index in [1.54, 1.807) is 6.92 Å². The van der Waals surface area contributed by atoms with Gasteiger partial charge in [0, 0.05) is 45.1 Å². The highest BCUT2D eigenvalue weighted by Crippen LogP contribution is 2.33. The lowest BCUT2D eigenvalue weighted by atomic mass is 10.1. The van der Waals surface area contributed by atoms with Gasteiger partial charge < -0.3 is 24.8 Å². The smallest absolute Gasteiger partial charge is 0.331 e. The number of carbonyl (C=O) groups is 6. The van der Waals surface area contributed by atoms with Crippen LogP contribution in [0.25, 0.3) is 0 Å². The van der Waals surface area contributed by atoms with E-state index in [-0.39, 0.29) is 19.6 Å². The van der Waals surface area contributed by atoms with Crippen molar-refractivity contribution < 1.29 is 47.7 Å². The number of benzene rings is 1. The standard InChI is InChI=1S/C19H20FN3O9/c1-4-22-5-6-23(17(27)16(22)26)19(30)21-15(18(28)29)11-7-13(31-9(2)24)14(8-12(11)20)32-10(3)25/h7-8,15H,4-6H2,1-3H3,(H,21,30)(H,28,29). The predicted molar refractivity (Wildman–Crippen MR) is 102 cm³/mol. The van der Waals surface area contributed by atoms with E-state index in [0.717, 1.165) is 19.9 Å². The van der Waals surface area contributed by atoms with Crippen LogP contribution in [0.2, 0.25) is 0 Å². The van der Waals surface area contributed by atoms with Crippen molar-refractivity contribution in [2.45, 2.75) is 26.8 Å². The quantitative estimate of drug-likeness (QED) is 0.348. The Morgan fingerprint density at radius 2 is 1.62 bits per heavy atom. The van der Waals surface area contributed by atoms with Gasteiger partial charge in [0.15, 0.2) is 17.5 Å². The van der Waals surface area contributed by atoms with E-state index >= 15 is 0 Å². The van der Waals surface area contributed by atoms with Crippen LogP contribution >= 0.6 is 0 Å². The van der Waals surface area contributed by atoms with Crippen LogP contribution in [0, 0.1) is 5.82 Å². The Labute approximate surface area is 180 Å². The lowest BCUT2D eigenvalue weighted by molar-refractivity contribution is -0.153. The van der Waals surface area contributed by atoms with Crippen LogP contribution in [-0.2, 0) is 24.0 Å². The molecule has 0 bridgehead atoms. The molecule has 0 saturated carbocycles. The molecule has 1 unspecified atom stereocenters. The lowest BCUT2D eigenvalue weighted by Crippen LogP contribution is -2.58. The third-order valence-corrected chi connectivity index (χ3v) is 4.33. The maximum atomic E-state index is 14.7. The number of carboxylic acid groups (broad SMARTS) is 1. The molecule has 1 saturated heterocycles. The highest BCUT2D eigenvalue weighted by Gasteiger charge is 2.37. The van der Waals surface area contributed by atoms with Crippen molar-refractivity contribution in [3.05, 3.63) is 23.5 Å². The molecule has 1 atom stereocenters. The molecule has 1 aliphatic rings. The minimum Gasteiger partial charge on any atom is -0.479 e. The summed E-state index contributed by atoms with van der Waals surface area (Å²) in [5.41, 5.74) is -0.649. The van der Waals surface area contributed by atoms with Crippen molar-refractivity contribution in [2.24, 2.45) is 0 Å². The van der Waals surface area contributed by atoms with Gasteiger partial charge in [-0.3, -0.25) is 24.1 Å². The molecule has 4 amide bonds. The molecule has 0 radical (unpaired) electrons. The second kappa shape index (κ2) is 9.85. The number of rotatable bonds is 6. The molecular formula is C19H20FN3O9. The first-order valence-electron chi connectivity index (χ1n) is 9.30. The van der Waals surface area contributed by atoms with Gasteiger partial charge >= 0.3 is 35.8 Å². The molecule has 2 rings (SSSR count). The van der Waals surface area contributed by atoms with E-state index in [1.165, 1.54) is 4.90 Å². The Hall–Kier alpha value is -4.03. The second-order valence-corrected chi connectivity index (χ2v) is 6.57. The van der Waals surface area contributed by atoms with Crippen molar-refractivity contribution in [2.75, 3.05) is 19.6 Å². The Morgan fingerprint density at radius 1 is 1.06 bits per heavy atom. The van der Waals surface area contributed by atoms with Crippen LogP contribution in [0.1, 0.15) is 32.4 Å². The number of nitrogens with one attached hydrogen (secondary N) is 1. The van der Waals surface area contributed by atoms with E-state index < -0.39 is 64.7 Å². The van der Waals surface area contributed by atoms with Gasteiger partial charge in [-0.1, -0.05) is 0 Å². The highest BCUT2D eigenvalue weighted by molar-refractivity contribution is 6.38. The summed E-state index contributed by atoms with van der Waals surface area (Å²) < 4.78 is 24.3. The van der Waals surface area contributed by atoms with E-state index in [9.17, 15) is 38.3 Å². The number of aliphatic carboxylic acids is 1. The highest BCUT2D eigenvalue weighted by atomic mass is 19.1. The van der Waals surface area contributed by atoms with E-state index in [2.05, 4.69) is 0 Å². The largest absolute Gasteiger partial charge is 0.479 e. The molecule has 0 spiro atoms. The molecular weight excluding hydrogens is 433 g/mol. The number of likely N-dealkylation sites (N-methyl/N-ethyl adjacent to an activating group) is 1. The Bertz CT molecular complexity index is 995. The van der Waals surface area contributed by atoms with Crippen molar-refractivity contribution in [1.29, 1.82) is 0 Å². The maximum absolute atomic E-state index is 14.7. The van der Waals surface area contributed by atoms with Gasteiger partial charge in [-0.05, 0) is 13.0 Å². The SMILES string of the molecule is CCN1CCN(C(=O)NC(C(=O)O)c2cc(OC(C)=O)c(OC(C)=O)cc2F)C(=O)C1=O. The zero-order chi connectivity index (χ0) is 24.2. The van der Waals surface area contributed by atoms with E-state index in [0.29, 0.717) is 11.0 Å². The zero-order valence-electron chi connectivity index (χ0n) is 17.3. The Kier molecular flexibility index (Phi) is 7.46. The van der Waals surface area contributed by atoms with Crippen LogP contribution in [-0.4, -0.2) is 70.3 Å². The number of hydrogen-bond acceptors (Lipinski definition) is 8. The molecule has 13 heteroatoms. The third kappa shape index (κ3) is 5.36. The van der Waals surface area contributed by atoms with Gasteiger partial charge in [0.05, 0.1) is 0 Å². The minimum absolute atomic E-state index is 0.0499. The number of amides is 4. The monoisotopic (exact) mass is 453 g/mol. The number of urea groups is 1. The molecule has 1 fully saturated rings. The summed E-state index contributed by atoms with van der Waals surface area (Å²) in [6, 6.07) is -1.87. The number of ether oxygens (including phenoxy) is 2. The summed E-state index contributed by atoms with van der Waals surface area (Å²) in [6.45, 7) is 3.77. The summed E-state index contributed by atoms with van der Waals surface area (Å²) in [5.74, 6) is -7.69. The Balaban J connectivity index is 2.37. The molecule has 0 aromatic heterocycles. The van der Waals surface area contributed by atoms with Crippen LogP contribution in [0.15, 0.2) is 12.1 Å². The van der Waals surface area contributed by atoms with Crippen LogP contribution in [0.4, 0.5) is 9.18 Å². The number of piperazine rings is 1. The van der Waals surface area contributed by atoms with Crippen LogP contribution < -0.4 is 14.8 Å². The van der Waals surface area contributed by atoms with Gasteiger partial charge in [0.1, 0.15) is 5.82 Å². The van der Waals surface area contributed by atoms with Gasteiger partial charge in [0.25, 0.3) is 0 Å². The number of halogens is 1. The number of carbonyl (C=O) groups excluding carboxylic acids is 5. The molecule has 12 nitrogen and oxygen atoms in total. The number of esters is 2. The second-order valence-electron chi connectivity index (χ2n) is 6.57. The molecule has 0 aliphatic carbocycles. The first-order chi connectivity index (χ1) is 15.0. The summed E-state index contributed by atoms with van der Waals surface area (Å²) >= 11 is 0. The van der Waals surface area contributed by atoms with Crippen molar-refractivity contribution in [3.8, 4) is 11.5 Å². The molecule has 32 heavy (non-hydrogen) atoms. The fourth-order valence-corrected chi connectivity index (χ4v) is 2.89. The fraction of sp³-hybridized carbons (Fsp3) is 0.368. The summed E-state index contributed by atoms with van der Waals surface area (Å²) in [5, 5.41) is 11.5. The average molecular weight is 453 g/mol. The Morgan fingerprint density at radius 3 is 2.12 bits per heavy atom. The third-order valence-electron chi connectivity index (χ3n) is 4.33. The topological polar surface area (TPSA) is 160 Å². The van der Waals surface area contributed by atoms with Gasteiger partial charge in [-0.25, -0.2) is 14.0 Å². The van der Waals surface area contributed by atoms with E-state index in [4.69, 9.17) is 9.47 Å². The maximum Gasteiger partial charge on any atom is 0.331 e. The number of imide groups is 1. The molecule has 1 aliphatic heterocycles. The van der Waals surface area contributed by atoms with E-state index in [1.807, 2.05) is 5.32 Å². The molecule has 1 heterocycles. The average Bonchev–Trinajstić information content (AvgIpc) is 2.69. The first kappa shape index (κ1) is 24.2. The number of nitrogens with zero attached hydrogens (tertiary/aromatic N) is 2. The number of carboxylic acids is 1. The molecule has 1 aromatic carbocycles. The predicted octanol–water partition coefficient (Wildman–Crippen LogP) is 0.202. The number of hydrogen-bond donors (Lipinski definition) is 2. The summed E-state index contributed by atoms with van der Waals surface area (Å²) in [6.07, 6.45) is 0. The van der Waals surface area contributed by atoms with Gasteiger partial charge in [0.2, 0.25) is 0 Å². The van der Waals surface area contributed by atoms with Crippen LogP contribution in [0.3, 0.4) is 0 Å². The van der Waals surface area contributed by atoms with Crippen molar-refractivity contribution in [3.63, 3.8) is 0 Å². The molecule has 2 N–H and O–H groups in total. The lowest BCUT2D eigenvalue weighted by Gasteiger charge is -2.32. The zero-order valence-corrected chi connectivity index (χ0v) is 17.3. The van der Waals surface area contributed by atoms with Crippen molar-refractivity contribution >= 4 is 35.8 Å². The normalized spacial score (nSPS) is 14.6. The van der Waals surface area contributed by atoms with Crippen LogP contribution in [0.5, 0.6) is 11.5 Å². The molecule has 172 valence electrons. The minimum atomic E-state index is -2.03. The first-order valence-corrected chi connectivity index (χ1v) is 9.30. The summed E-state index contributed by atoms with van der Waals surface area (Å²) in [4.78, 5) is 72.7. The van der Waals surface area contributed by atoms with Gasteiger partial charge in [-0.15, -0.1) is 0 Å². The summed E-state index contributed by atoms with van der Waals surface area (Å²) in [7, 11) is 0. The van der Waals surface area contributed by atoms with Crippen molar-refractivity contribution in [1.82, 2.24) is 15.1 Å². The molecule has 1 aromatic rings. The fourth-order valence-electron chi connectivity index (χ4n) is 2.89. The van der Waals surface area contributed by atoms with Gasteiger partial charge in [-0.2, -0.15) is 0 Å².